The zero-order chi connectivity index (χ0) is 28.2. The maximum Gasteiger partial charge on any atom is 0.248 e. The predicted molar refractivity (Wildman–Crippen MR) is 162 cm³/mol. The van der Waals surface area contributed by atoms with Crippen molar-refractivity contribution in [1.82, 2.24) is 43.1 Å². The Morgan fingerprint density at radius 1 is 0.850 bits per heavy atom. The molecule has 5 aromatic rings. The van der Waals surface area contributed by atoms with Gasteiger partial charge in [0.15, 0.2) is 0 Å². The smallest absolute Gasteiger partial charge is 0.248 e. The number of rotatable bonds is 13. The van der Waals surface area contributed by atoms with Gasteiger partial charge in [0.25, 0.3) is 0 Å². The van der Waals surface area contributed by atoms with Gasteiger partial charge in [0.05, 0.1) is 0 Å². The van der Waals surface area contributed by atoms with Crippen molar-refractivity contribution >= 4 is 44.9 Å². The number of hydrogen-bond donors (Lipinski definition) is 2. The molecule has 0 radical (unpaired) electrons. The van der Waals surface area contributed by atoms with Gasteiger partial charge >= 0.3 is 0 Å². The Morgan fingerprint density at radius 2 is 1.40 bits per heavy atom. The third kappa shape index (κ3) is 8.79. The van der Waals surface area contributed by atoms with E-state index < -0.39 is 0 Å². The summed E-state index contributed by atoms with van der Waals surface area (Å²) >= 11 is 8.66. The van der Waals surface area contributed by atoms with Crippen LogP contribution in [0.1, 0.15) is 18.4 Å². The third-order valence-corrected chi connectivity index (χ3v) is 7.61. The van der Waals surface area contributed by atoms with Crippen LogP contribution >= 0.6 is 34.7 Å². The van der Waals surface area contributed by atoms with Gasteiger partial charge in [0.2, 0.25) is 22.2 Å². The molecule has 12 nitrogen and oxygen atoms in total. The van der Waals surface area contributed by atoms with Crippen molar-refractivity contribution < 1.29 is 0 Å². The van der Waals surface area contributed by atoms with E-state index in [0.29, 0.717) is 18.4 Å². The number of imidazole rings is 2. The van der Waals surface area contributed by atoms with E-state index in [4.69, 9.17) is 17.3 Å². The molecule has 0 aliphatic rings. The number of nitrogens with two attached hydrogens (primary N) is 1. The van der Waals surface area contributed by atoms with Gasteiger partial charge in [-0.15, -0.1) is 0 Å². The molecule has 1 aromatic carbocycles. The molecule has 4 heterocycles. The zero-order valence-corrected chi connectivity index (χ0v) is 24.9. The average molecular weight is 601 g/mol. The first-order chi connectivity index (χ1) is 19.5. The lowest BCUT2D eigenvalue weighted by atomic mass is 10.2. The standard InChI is InChI=1S/C16H19ClN6S.C9H14N6S/c1-22(16-20-15(21-24-16)23-10-8-19-12-23)9-2-7-18-11-13-3-5-14(17)6-4-13;1-14(5-2-3-10)9-12-8(13-16-9)15-6-4-11-7-15/h3-6,8,10,12,18H,2,7,9,11H2,1H3;4,6-7H,2-3,5,10H2,1H3. The van der Waals surface area contributed by atoms with Crippen molar-refractivity contribution in [1.29, 1.82) is 0 Å². The van der Waals surface area contributed by atoms with Crippen LogP contribution in [0.25, 0.3) is 11.9 Å². The minimum atomic E-state index is 0.664. The van der Waals surface area contributed by atoms with E-state index in [1.54, 1.807) is 29.6 Å². The number of benzene rings is 1. The number of hydrogen-bond acceptors (Lipinski definition) is 12. The summed E-state index contributed by atoms with van der Waals surface area (Å²) in [4.78, 5) is 21.1. The number of aromatic nitrogens is 8. The second-order valence-corrected chi connectivity index (χ2v) is 10.7. The Bertz CT molecular complexity index is 1370. The van der Waals surface area contributed by atoms with Crippen LogP contribution in [0.5, 0.6) is 0 Å². The van der Waals surface area contributed by atoms with Crippen molar-refractivity contribution in [2.45, 2.75) is 19.4 Å². The summed E-state index contributed by atoms with van der Waals surface area (Å²) < 4.78 is 12.2. The van der Waals surface area contributed by atoms with Crippen LogP contribution in [0.2, 0.25) is 5.02 Å². The normalized spacial score (nSPS) is 10.8. The van der Waals surface area contributed by atoms with E-state index in [1.165, 1.54) is 28.6 Å². The van der Waals surface area contributed by atoms with Gasteiger partial charge in [-0.05, 0) is 43.6 Å². The van der Waals surface area contributed by atoms with Crippen LogP contribution in [0.4, 0.5) is 10.3 Å². The van der Waals surface area contributed by atoms with Gasteiger partial charge < -0.3 is 20.9 Å². The predicted octanol–water partition coefficient (Wildman–Crippen LogP) is 3.50. The number of anilines is 2. The molecule has 0 atom stereocenters. The first kappa shape index (κ1) is 29.6. The Morgan fingerprint density at radius 3 is 1.90 bits per heavy atom. The van der Waals surface area contributed by atoms with Crippen molar-refractivity contribution in [3.05, 3.63) is 72.3 Å². The Labute approximate surface area is 246 Å². The van der Waals surface area contributed by atoms with Crippen LogP contribution < -0.4 is 20.9 Å². The molecular weight excluding hydrogens is 568 g/mol. The Hall–Kier alpha value is -3.43. The van der Waals surface area contributed by atoms with E-state index >= 15 is 0 Å². The highest BCUT2D eigenvalue weighted by Crippen LogP contribution is 2.19. The number of nitrogens with one attached hydrogen (secondary N) is 1. The van der Waals surface area contributed by atoms with Crippen molar-refractivity contribution in [3.8, 4) is 11.9 Å². The molecule has 212 valence electrons. The van der Waals surface area contributed by atoms with Crippen molar-refractivity contribution in [2.24, 2.45) is 5.73 Å². The molecule has 4 aromatic heterocycles. The fraction of sp³-hybridized carbons (Fsp3) is 0.360. The molecule has 0 aliphatic carbocycles. The minimum Gasteiger partial charge on any atom is -0.350 e. The highest BCUT2D eigenvalue weighted by molar-refractivity contribution is 7.10. The number of halogens is 1. The highest BCUT2D eigenvalue weighted by atomic mass is 35.5. The molecule has 15 heteroatoms. The Balaban J connectivity index is 0.000000201. The second-order valence-electron chi connectivity index (χ2n) is 8.84. The summed E-state index contributed by atoms with van der Waals surface area (Å²) in [7, 11) is 4.03. The summed E-state index contributed by atoms with van der Waals surface area (Å²) in [5, 5.41) is 6.03. The highest BCUT2D eigenvalue weighted by Gasteiger charge is 2.10. The summed E-state index contributed by atoms with van der Waals surface area (Å²) in [5.41, 5.74) is 6.70. The SMILES string of the molecule is CN(CCCN)c1nc(-n2ccnc2)ns1.CN(CCCNCc1ccc(Cl)cc1)c1nc(-n2ccnc2)ns1. The molecule has 0 saturated heterocycles. The molecule has 0 bridgehead atoms. The summed E-state index contributed by atoms with van der Waals surface area (Å²) in [6.07, 6.45) is 12.5. The molecule has 0 amide bonds. The van der Waals surface area contributed by atoms with Crippen LogP contribution in [-0.4, -0.2) is 78.1 Å². The molecule has 5 rings (SSSR count). The summed E-state index contributed by atoms with van der Waals surface area (Å²) in [6.45, 7) is 4.31. The topological polar surface area (TPSA) is 132 Å². The van der Waals surface area contributed by atoms with Crippen LogP contribution in [0.15, 0.2) is 61.7 Å². The van der Waals surface area contributed by atoms with E-state index in [9.17, 15) is 0 Å². The lowest BCUT2D eigenvalue weighted by Crippen LogP contribution is -2.23. The molecule has 0 unspecified atom stereocenters. The van der Waals surface area contributed by atoms with Gasteiger partial charge in [0, 0.05) is 86.6 Å². The molecule has 40 heavy (non-hydrogen) atoms. The van der Waals surface area contributed by atoms with E-state index in [0.717, 1.165) is 54.3 Å². The fourth-order valence-electron chi connectivity index (χ4n) is 3.49. The monoisotopic (exact) mass is 600 g/mol. The molecule has 0 saturated carbocycles. The van der Waals surface area contributed by atoms with E-state index in [2.05, 4.69) is 43.8 Å². The maximum absolute atomic E-state index is 5.88. The zero-order valence-electron chi connectivity index (χ0n) is 22.5. The van der Waals surface area contributed by atoms with E-state index in [-0.39, 0.29) is 0 Å². The van der Waals surface area contributed by atoms with Gasteiger partial charge in [-0.3, -0.25) is 9.13 Å². The summed E-state index contributed by atoms with van der Waals surface area (Å²) in [6, 6.07) is 7.92. The van der Waals surface area contributed by atoms with Crippen LogP contribution in [0.3, 0.4) is 0 Å². The summed E-state index contributed by atoms with van der Waals surface area (Å²) in [5.74, 6) is 1.33. The Kier molecular flexibility index (Phi) is 11.4. The molecule has 0 fully saturated rings. The molecule has 0 spiro atoms. The third-order valence-electron chi connectivity index (χ3n) is 5.72. The van der Waals surface area contributed by atoms with Crippen LogP contribution in [-0.2, 0) is 6.54 Å². The van der Waals surface area contributed by atoms with Gasteiger partial charge in [-0.25, -0.2) is 9.97 Å². The van der Waals surface area contributed by atoms with Crippen LogP contribution in [0, 0.1) is 0 Å². The number of nitrogens with zero attached hydrogens (tertiary/aromatic N) is 10. The van der Waals surface area contributed by atoms with E-state index in [1.807, 2.05) is 55.3 Å². The largest absolute Gasteiger partial charge is 0.350 e. The van der Waals surface area contributed by atoms with Gasteiger partial charge in [0.1, 0.15) is 12.7 Å². The molecule has 0 aliphatic heterocycles. The van der Waals surface area contributed by atoms with Crippen molar-refractivity contribution in [2.75, 3.05) is 50.1 Å². The van der Waals surface area contributed by atoms with Gasteiger partial charge in [-0.1, -0.05) is 23.7 Å². The molecular formula is C25H33ClN12S2. The first-order valence-electron chi connectivity index (χ1n) is 12.7. The quantitative estimate of drug-likeness (QED) is 0.194. The lowest BCUT2D eigenvalue weighted by molar-refractivity contribution is 0.645. The average Bonchev–Trinajstić information content (AvgIpc) is 3.78. The molecule has 3 N–H and O–H groups in total. The first-order valence-corrected chi connectivity index (χ1v) is 14.7. The second kappa shape index (κ2) is 15.4. The fourth-order valence-corrected chi connectivity index (χ4v) is 4.92. The van der Waals surface area contributed by atoms with Gasteiger partial charge in [-0.2, -0.15) is 18.7 Å². The van der Waals surface area contributed by atoms with Crippen molar-refractivity contribution in [3.63, 3.8) is 0 Å². The minimum absolute atomic E-state index is 0.664. The maximum atomic E-state index is 5.88. The lowest BCUT2D eigenvalue weighted by Gasteiger charge is -2.15.